The summed E-state index contributed by atoms with van der Waals surface area (Å²) in [7, 11) is 4.17. The van der Waals surface area contributed by atoms with E-state index < -0.39 is 34.2 Å². The highest BCUT2D eigenvalue weighted by molar-refractivity contribution is 6.51. The van der Waals surface area contributed by atoms with Crippen molar-refractivity contribution in [3.63, 3.8) is 0 Å². The zero-order valence-electron chi connectivity index (χ0n) is 19.9. The largest absolute Gasteiger partial charge is 0.507 e. The molecule has 190 valence electrons. The van der Waals surface area contributed by atoms with Gasteiger partial charge >= 0.3 is 0 Å². The molecule has 0 aliphatic carbocycles. The van der Waals surface area contributed by atoms with Crippen molar-refractivity contribution in [3.05, 3.63) is 93.3 Å². The lowest BCUT2D eigenvalue weighted by Crippen LogP contribution is -2.29. The number of aliphatic hydroxyl groups is 1. The highest BCUT2D eigenvalue weighted by atomic mass is 19.1. The molecule has 0 saturated carbocycles. The number of nitro groups is 1. The van der Waals surface area contributed by atoms with Crippen LogP contribution in [0.1, 0.15) is 17.2 Å². The number of aliphatic hydroxyl groups excluding tert-OH is 1. The van der Waals surface area contributed by atoms with Gasteiger partial charge in [-0.1, -0.05) is 18.2 Å². The Balaban J connectivity index is 2.03. The molecule has 1 fully saturated rings. The average molecular weight is 508 g/mol. The molecule has 3 aromatic carbocycles. The number of ether oxygens (including phenoxy) is 3. The van der Waals surface area contributed by atoms with Crippen molar-refractivity contribution in [1.82, 2.24) is 0 Å². The monoisotopic (exact) mass is 508 g/mol. The maximum atomic E-state index is 14.1. The number of nitro benzene ring substituents is 1. The second-order valence-corrected chi connectivity index (χ2v) is 7.92. The number of Topliss-reactive ketones (excluding diaryl/α,β-unsaturated/α-hetero) is 1. The summed E-state index contributed by atoms with van der Waals surface area (Å²) >= 11 is 0. The Morgan fingerprint density at radius 1 is 0.973 bits per heavy atom. The van der Waals surface area contributed by atoms with E-state index in [9.17, 15) is 29.2 Å². The molecule has 0 radical (unpaired) electrons. The van der Waals surface area contributed by atoms with Crippen molar-refractivity contribution in [3.8, 4) is 17.2 Å². The molecule has 1 heterocycles. The van der Waals surface area contributed by atoms with Crippen LogP contribution in [0.2, 0.25) is 0 Å². The summed E-state index contributed by atoms with van der Waals surface area (Å²) in [4.78, 5) is 38.2. The number of hydrogen-bond acceptors (Lipinski definition) is 8. The number of carbonyl (C=O) groups is 2. The van der Waals surface area contributed by atoms with Crippen molar-refractivity contribution in [2.45, 2.75) is 6.04 Å². The van der Waals surface area contributed by atoms with Crippen molar-refractivity contribution >= 4 is 28.8 Å². The first-order valence-electron chi connectivity index (χ1n) is 10.8. The number of methoxy groups -OCH3 is 3. The first-order valence-corrected chi connectivity index (χ1v) is 10.8. The van der Waals surface area contributed by atoms with Crippen LogP contribution in [0.25, 0.3) is 5.76 Å². The van der Waals surface area contributed by atoms with Crippen molar-refractivity contribution in [2.24, 2.45) is 0 Å². The fourth-order valence-electron chi connectivity index (χ4n) is 4.22. The minimum atomic E-state index is -1.27. The summed E-state index contributed by atoms with van der Waals surface area (Å²) in [6, 6.07) is 11.8. The van der Waals surface area contributed by atoms with E-state index in [4.69, 9.17) is 14.2 Å². The van der Waals surface area contributed by atoms with E-state index in [1.807, 2.05) is 0 Å². The zero-order valence-corrected chi connectivity index (χ0v) is 19.9. The lowest BCUT2D eigenvalue weighted by Gasteiger charge is -2.26. The first-order chi connectivity index (χ1) is 17.7. The number of anilines is 1. The number of benzene rings is 3. The highest BCUT2D eigenvalue weighted by Crippen LogP contribution is 2.47. The van der Waals surface area contributed by atoms with Crippen LogP contribution in [-0.4, -0.2) is 43.0 Å². The normalized spacial score (nSPS) is 16.5. The highest BCUT2D eigenvalue weighted by Gasteiger charge is 2.47. The Labute approximate surface area is 210 Å². The molecule has 10 nitrogen and oxygen atoms in total. The molecule has 1 aliphatic rings. The minimum Gasteiger partial charge on any atom is -0.507 e. The number of amides is 1. The van der Waals surface area contributed by atoms with Crippen LogP contribution in [0.15, 0.2) is 66.2 Å². The average Bonchev–Trinajstić information content (AvgIpc) is 3.17. The van der Waals surface area contributed by atoms with Crippen LogP contribution in [0.4, 0.5) is 15.8 Å². The maximum absolute atomic E-state index is 14.1. The third kappa shape index (κ3) is 4.42. The van der Waals surface area contributed by atoms with Gasteiger partial charge < -0.3 is 19.3 Å². The van der Waals surface area contributed by atoms with Crippen molar-refractivity contribution in [1.29, 1.82) is 0 Å². The number of non-ortho nitro benzene ring substituents is 1. The van der Waals surface area contributed by atoms with Gasteiger partial charge in [-0.2, -0.15) is 0 Å². The summed E-state index contributed by atoms with van der Waals surface area (Å²) in [5.41, 5.74) is -0.412. The van der Waals surface area contributed by atoms with Gasteiger partial charge in [-0.3, -0.25) is 24.6 Å². The molecule has 4 rings (SSSR count). The molecule has 0 aromatic heterocycles. The van der Waals surface area contributed by atoms with Crippen LogP contribution >= 0.6 is 0 Å². The predicted octanol–water partition coefficient (Wildman–Crippen LogP) is 4.39. The van der Waals surface area contributed by atoms with Crippen molar-refractivity contribution < 1.29 is 38.2 Å². The molecule has 3 aromatic rings. The third-order valence-electron chi connectivity index (χ3n) is 5.86. The van der Waals surface area contributed by atoms with Gasteiger partial charge in [0.15, 0.2) is 11.5 Å². The number of rotatable bonds is 7. The fourth-order valence-corrected chi connectivity index (χ4v) is 4.22. The van der Waals surface area contributed by atoms with Gasteiger partial charge in [0.05, 0.1) is 37.9 Å². The summed E-state index contributed by atoms with van der Waals surface area (Å²) in [6.45, 7) is 0. The molecule has 1 aliphatic heterocycles. The molecule has 1 saturated heterocycles. The molecule has 1 amide bonds. The number of carbonyl (C=O) groups excluding carboxylic acids is 2. The number of nitrogens with zero attached hydrogens (tertiary/aromatic N) is 2. The molecule has 11 heteroatoms. The standard InChI is InChI=1S/C26H21FN2O8/c1-35-19-11-15(12-20(36-2)25(19)37-3)22-21(23(30)14-6-4-9-18(10-14)29(33)34)24(31)26(32)28(22)17-8-5-7-16(27)13-17/h4-13,22,30H,1-3H3/b23-21+. The van der Waals surface area contributed by atoms with Gasteiger partial charge in [0.1, 0.15) is 11.6 Å². The smallest absolute Gasteiger partial charge is 0.300 e. The van der Waals surface area contributed by atoms with Gasteiger partial charge in [0.2, 0.25) is 5.75 Å². The Morgan fingerprint density at radius 3 is 2.19 bits per heavy atom. The lowest BCUT2D eigenvalue weighted by atomic mass is 9.94. The molecular weight excluding hydrogens is 487 g/mol. The van der Waals surface area contributed by atoms with Gasteiger partial charge in [-0.25, -0.2) is 4.39 Å². The minimum absolute atomic E-state index is 0.0520. The van der Waals surface area contributed by atoms with Crippen LogP contribution in [0.5, 0.6) is 17.2 Å². The molecule has 0 bridgehead atoms. The molecule has 1 unspecified atom stereocenters. The molecule has 0 spiro atoms. The zero-order chi connectivity index (χ0) is 26.9. The number of halogens is 1. The Bertz CT molecular complexity index is 1430. The summed E-state index contributed by atoms with van der Waals surface area (Å²) < 4.78 is 30.3. The predicted molar refractivity (Wildman–Crippen MR) is 130 cm³/mol. The maximum Gasteiger partial charge on any atom is 0.300 e. The van der Waals surface area contributed by atoms with E-state index in [0.29, 0.717) is 0 Å². The third-order valence-corrected chi connectivity index (χ3v) is 5.86. The van der Waals surface area contributed by atoms with Crippen LogP contribution in [0, 0.1) is 15.9 Å². The van der Waals surface area contributed by atoms with Gasteiger partial charge in [-0.15, -0.1) is 0 Å². The van der Waals surface area contributed by atoms with E-state index in [0.717, 1.165) is 17.0 Å². The fraction of sp³-hybridized carbons (Fsp3) is 0.154. The summed E-state index contributed by atoms with van der Waals surface area (Å²) in [5.74, 6) is -2.73. The van der Waals surface area contributed by atoms with Crippen LogP contribution in [-0.2, 0) is 9.59 Å². The summed E-state index contributed by atoms with van der Waals surface area (Å²) in [5, 5.41) is 22.5. The van der Waals surface area contributed by atoms with Gasteiger partial charge in [0.25, 0.3) is 17.4 Å². The van der Waals surface area contributed by atoms with E-state index >= 15 is 0 Å². The van der Waals surface area contributed by atoms with Crippen molar-refractivity contribution in [2.75, 3.05) is 26.2 Å². The Morgan fingerprint density at radius 2 is 1.62 bits per heavy atom. The van der Waals surface area contributed by atoms with Crippen LogP contribution < -0.4 is 19.1 Å². The van der Waals surface area contributed by atoms with Gasteiger partial charge in [-0.05, 0) is 35.9 Å². The van der Waals surface area contributed by atoms with Gasteiger partial charge in [0, 0.05) is 23.4 Å². The SMILES string of the molecule is COc1cc(C2/C(=C(\O)c3cccc([N+](=O)[O-])c3)C(=O)C(=O)N2c2cccc(F)c2)cc(OC)c1OC. The molecule has 1 N–H and O–H groups in total. The molecule has 37 heavy (non-hydrogen) atoms. The van der Waals surface area contributed by atoms with E-state index in [1.165, 1.54) is 69.9 Å². The van der Waals surface area contributed by atoms with Crippen LogP contribution in [0.3, 0.4) is 0 Å². The topological polar surface area (TPSA) is 128 Å². The molecule has 1 atom stereocenters. The first kappa shape index (κ1) is 25.2. The van der Waals surface area contributed by atoms with E-state index in [1.54, 1.807) is 0 Å². The van der Waals surface area contributed by atoms with E-state index in [-0.39, 0.29) is 45.3 Å². The number of ketones is 1. The van der Waals surface area contributed by atoms with E-state index in [2.05, 4.69) is 0 Å². The lowest BCUT2D eigenvalue weighted by molar-refractivity contribution is -0.384. The second kappa shape index (κ2) is 9.97. The summed E-state index contributed by atoms with van der Waals surface area (Å²) in [6.07, 6.45) is 0. The Kier molecular flexibility index (Phi) is 6.79. The quantitative estimate of drug-likeness (QED) is 0.164. The number of hydrogen-bond donors (Lipinski definition) is 1. The molecular formula is C26H21FN2O8. The second-order valence-electron chi connectivity index (χ2n) is 7.92. The Hall–Kier alpha value is -4.93.